The third-order valence-electron chi connectivity index (χ3n) is 2.57. The molecule has 1 fully saturated rings. The van der Waals surface area contributed by atoms with E-state index in [1.54, 1.807) is 0 Å². The summed E-state index contributed by atoms with van der Waals surface area (Å²) < 4.78 is 19.8. The summed E-state index contributed by atoms with van der Waals surface area (Å²) in [6, 6.07) is 0. The van der Waals surface area contributed by atoms with E-state index in [4.69, 9.17) is 18.9 Å². The van der Waals surface area contributed by atoms with Crippen molar-refractivity contribution in [2.45, 2.75) is 45.2 Å². The molecule has 0 amide bonds. The number of rotatable bonds is 5. The van der Waals surface area contributed by atoms with Gasteiger partial charge in [0.2, 0.25) is 5.79 Å². The lowest BCUT2D eigenvalue weighted by atomic mass is 10.1. The highest BCUT2D eigenvalue weighted by molar-refractivity contribution is 5.67. The predicted molar refractivity (Wildman–Crippen MR) is 63.3 cm³/mol. The Morgan fingerprint density at radius 1 is 1.15 bits per heavy atom. The first-order valence-corrected chi connectivity index (χ1v) is 6.06. The van der Waals surface area contributed by atoms with Gasteiger partial charge in [-0.25, -0.2) is 0 Å². The second kappa shape index (κ2) is 6.67. The average molecular weight is 290 g/mol. The zero-order valence-electron chi connectivity index (χ0n) is 11.6. The van der Waals surface area contributed by atoms with Crippen LogP contribution in [0.3, 0.4) is 0 Å². The van der Waals surface area contributed by atoms with Crippen molar-refractivity contribution in [2.75, 3.05) is 13.2 Å². The van der Waals surface area contributed by atoms with Crippen molar-refractivity contribution in [1.29, 1.82) is 0 Å². The van der Waals surface area contributed by atoms with E-state index in [-0.39, 0.29) is 13.0 Å². The second-order valence-corrected chi connectivity index (χ2v) is 4.54. The quantitative estimate of drug-likeness (QED) is 0.534. The second-order valence-electron chi connectivity index (χ2n) is 4.54. The van der Waals surface area contributed by atoms with Crippen LogP contribution in [0.2, 0.25) is 0 Å². The van der Waals surface area contributed by atoms with Gasteiger partial charge >= 0.3 is 17.9 Å². The summed E-state index contributed by atoms with van der Waals surface area (Å²) in [6.07, 6.45) is -1.68. The van der Waals surface area contributed by atoms with Crippen LogP contribution < -0.4 is 0 Å². The largest absolute Gasteiger partial charge is 0.463 e. The van der Waals surface area contributed by atoms with Crippen LogP contribution in [0.4, 0.5) is 0 Å². The maximum Gasteiger partial charge on any atom is 0.303 e. The Kier molecular flexibility index (Phi) is 5.46. The number of ether oxygens (including phenoxy) is 4. The third-order valence-corrected chi connectivity index (χ3v) is 2.57. The van der Waals surface area contributed by atoms with Crippen LogP contribution >= 0.6 is 0 Å². The fourth-order valence-electron chi connectivity index (χ4n) is 1.83. The summed E-state index contributed by atoms with van der Waals surface area (Å²) in [4.78, 5) is 32.6. The molecular weight excluding hydrogens is 272 g/mol. The van der Waals surface area contributed by atoms with Crippen molar-refractivity contribution in [1.82, 2.24) is 0 Å². The number of hydrogen-bond acceptors (Lipinski definition) is 8. The normalized spacial score (nSPS) is 28.8. The molecule has 8 nitrogen and oxygen atoms in total. The molecule has 0 bridgehead atoms. The summed E-state index contributed by atoms with van der Waals surface area (Å²) in [7, 11) is 0. The average Bonchev–Trinajstić information content (AvgIpc) is 2.60. The number of esters is 3. The highest BCUT2D eigenvalue weighted by atomic mass is 16.7. The van der Waals surface area contributed by atoms with E-state index < -0.39 is 42.5 Å². The molecule has 8 heteroatoms. The van der Waals surface area contributed by atoms with Crippen molar-refractivity contribution in [2.24, 2.45) is 0 Å². The van der Waals surface area contributed by atoms with Crippen LogP contribution in [0.25, 0.3) is 0 Å². The van der Waals surface area contributed by atoms with E-state index in [0.717, 1.165) is 0 Å². The summed E-state index contributed by atoms with van der Waals surface area (Å²) in [5.41, 5.74) is 0. The summed E-state index contributed by atoms with van der Waals surface area (Å²) >= 11 is 0. The van der Waals surface area contributed by atoms with Crippen LogP contribution in [0.15, 0.2) is 0 Å². The van der Waals surface area contributed by atoms with Gasteiger partial charge in [-0.1, -0.05) is 0 Å². The molecule has 3 atom stereocenters. The van der Waals surface area contributed by atoms with Gasteiger partial charge in [0.25, 0.3) is 0 Å². The van der Waals surface area contributed by atoms with Gasteiger partial charge < -0.3 is 24.1 Å². The maximum atomic E-state index is 11.0. The van der Waals surface area contributed by atoms with E-state index in [0.29, 0.717) is 0 Å². The molecule has 0 aromatic carbocycles. The molecule has 1 aliphatic heterocycles. The Hall–Kier alpha value is -1.67. The molecule has 0 aromatic rings. The Morgan fingerprint density at radius 2 is 1.75 bits per heavy atom. The molecule has 1 rings (SSSR count). The SMILES string of the molecule is CC(=O)OC[C@H]1OC(O)(COC(C)=O)CC1OC(C)=O. The van der Waals surface area contributed by atoms with Crippen molar-refractivity contribution in [3.05, 3.63) is 0 Å². The minimum atomic E-state index is -1.77. The molecule has 0 spiro atoms. The first-order valence-electron chi connectivity index (χ1n) is 6.06. The van der Waals surface area contributed by atoms with E-state index in [2.05, 4.69) is 0 Å². The molecule has 0 aliphatic carbocycles. The molecule has 1 aliphatic rings. The van der Waals surface area contributed by atoms with Gasteiger partial charge in [-0.3, -0.25) is 14.4 Å². The van der Waals surface area contributed by atoms with E-state index in [1.807, 2.05) is 0 Å². The number of hydrogen-bond donors (Lipinski definition) is 1. The molecule has 1 heterocycles. The van der Waals surface area contributed by atoms with Gasteiger partial charge in [-0.15, -0.1) is 0 Å². The van der Waals surface area contributed by atoms with Crippen molar-refractivity contribution in [3.63, 3.8) is 0 Å². The highest BCUT2D eigenvalue weighted by Crippen LogP contribution is 2.31. The molecule has 0 aromatic heterocycles. The fraction of sp³-hybridized carbons (Fsp3) is 0.750. The van der Waals surface area contributed by atoms with Gasteiger partial charge in [0, 0.05) is 27.2 Å². The lowest BCUT2D eigenvalue weighted by Crippen LogP contribution is -2.36. The molecule has 1 N–H and O–H groups in total. The van der Waals surface area contributed by atoms with Crippen LogP contribution in [0, 0.1) is 0 Å². The van der Waals surface area contributed by atoms with Gasteiger partial charge in [0.05, 0.1) is 0 Å². The molecule has 0 saturated carbocycles. The number of carbonyl (C=O) groups is 3. The van der Waals surface area contributed by atoms with Crippen LogP contribution in [0.1, 0.15) is 27.2 Å². The molecule has 20 heavy (non-hydrogen) atoms. The highest BCUT2D eigenvalue weighted by Gasteiger charge is 2.48. The molecule has 2 unspecified atom stereocenters. The number of carbonyl (C=O) groups excluding carboxylic acids is 3. The fourth-order valence-corrected chi connectivity index (χ4v) is 1.83. The van der Waals surface area contributed by atoms with Gasteiger partial charge in [-0.2, -0.15) is 0 Å². The van der Waals surface area contributed by atoms with E-state index >= 15 is 0 Å². The Morgan fingerprint density at radius 3 is 2.25 bits per heavy atom. The Labute approximate surface area is 115 Å². The van der Waals surface area contributed by atoms with Crippen LogP contribution in [-0.2, 0) is 33.3 Å². The lowest BCUT2D eigenvalue weighted by Gasteiger charge is -2.21. The topological polar surface area (TPSA) is 108 Å². The summed E-state index contributed by atoms with van der Waals surface area (Å²) in [5, 5.41) is 10.1. The van der Waals surface area contributed by atoms with E-state index in [1.165, 1.54) is 20.8 Å². The molecule has 1 saturated heterocycles. The Bertz CT molecular complexity index is 393. The first kappa shape index (κ1) is 16.4. The lowest BCUT2D eigenvalue weighted by molar-refractivity contribution is -0.226. The molecule has 0 radical (unpaired) electrons. The van der Waals surface area contributed by atoms with Gasteiger partial charge in [0.15, 0.2) is 0 Å². The zero-order chi connectivity index (χ0) is 15.3. The monoisotopic (exact) mass is 290 g/mol. The number of aliphatic hydroxyl groups is 1. The van der Waals surface area contributed by atoms with Gasteiger partial charge in [-0.05, 0) is 0 Å². The molecular formula is C12H18O8. The summed E-state index contributed by atoms with van der Waals surface area (Å²) in [6.45, 7) is 3.07. The van der Waals surface area contributed by atoms with Crippen LogP contribution in [-0.4, -0.2) is 54.2 Å². The van der Waals surface area contributed by atoms with Crippen molar-refractivity contribution < 1.29 is 38.4 Å². The summed E-state index contributed by atoms with van der Waals surface area (Å²) in [5.74, 6) is -3.42. The van der Waals surface area contributed by atoms with Gasteiger partial charge in [0.1, 0.15) is 25.4 Å². The standard InChI is InChI=1S/C12H18O8/c1-7(13)17-5-11-10(19-9(3)15)4-12(16,20-11)6-18-8(2)14/h10-11,16H,4-6H2,1-3H3/t10?,11-,12?/m1/s1. The zero-order valence-corrected chi connectivity index (χ0v) is 11.6. The van der Waals surface area contributed by atoms with E-state index in [9.17, 15) is 19.5 Å². The van der Waals surface area contributed by atoms with Crippen molar-refractivity contribution >= 4 is 17.9 Å². The predicted octanol–water partition coefficient (Wildman–Crippen LogP) is -0.478. The molecule has 114 valence electrons. The van der Waals surface area contributed by atoms with Crippen LogP contribution in [0.5, 0.6) is 0 Å². The smallest absolute Gasteiger partial charge is 0.303 e. The Balaban J connectivity index is 2.67. The minimum absolute atomic E-state index is 0.0776. The van der Waals surface area contributed by atoms with Crippen molar-refractivity contribution in [3.8, 4) is 0 Å². The minimum Gasteiger partial charge on any atom is -0.463 e. The first-order chi connectivity index (χ1) is 9.22. The maximum absolute atomic E-state index is 11.0. The third kappa shape index (κ3) is 5.14.